The third-order valence-corrected chi connectivity index (χ3v) is 7.40. The molecule has 13 nitrogen and oxygen atoms in total. The quantitative estimate of drug-likeness (QED) is 0.390. The fourth-order valence-corrected chi connectivity index (χ4v) is 5.17. The molecule has 2 aliphatic rings. The summed E-state index contributed by atoms with van der Waals surface area (Å²) in [7, 11) is 0. The van der Waals surface area contributed by atoms with Crippen LogP contribution in [0.25, 0.3) is 0 Å². The number of thiazole rings is 1. The first-order chi connectivity index (χ1) is 18.9. The summed E-state index contributed by atoms with van der Waals surface area (Å²) in [5.41, 5.74) is 6.58. The predicted octanol–water partition coefficient (Wildman–Crippen LogP) is 1.35. The molecule has 1 unspecified atom stereocenters. The number of anilines is 3. The van der Waals surface area contributed by atoms with E-state index >= 15 is 0 Å². The highest BCUT2D eigenvalue weighted by Gasteiger charge is 2.26. The molecular formula is C25H29N9O4S. The van der Waals surface area contributed by atoms with Gasteiger partial charge in [0, 0.05) is 43.5 Å². The van der Waals surface area contributed by atoms with Crippen LogP contribution in [-0.4, -0.2) is 88.2 Å². The first kappa shape index (κ1) is 26.4. The van der Waals surface area contributed by atoms with Crippen LogP contribution in [0.4, 0.5) is 17.5 Å². The van der Waals surface area contributed by atoms with Gasteiger partial charge >= 0.3 is 0 Å². The molecule has 4 N–H and O–H groups in total. The lowest BCUT2D eigenvalue weighted by Crippen LogP contribution is -2.48. The van der Waals surface area contributed by atoms with E-state index in [2.05, 4.69) is 30.8 Å². The van der Waals surface area contributed by atoms with E-state index < -0.39 is 5.91 Å². The molecule has 2 aliphatic heterocycles. The molecule has 39 heavy (non-hydrogen) atoms. The lowest BCUT2D eigenvalue weighted by atomic mass is 10.1. The van der Waals surface area contributed by atoms with Crippen molar-refractivity contribution in [1.29, 1.82) is 0 Å². The van der Waals surface area contributed by atoms with Crippen LogP contribution in [0, 0.1) is 6.92 Å². The molecule has 0 saturated carbocycles. The Morgan fingerprint density at radius 1 is 1.10 bits per heavy atom. The number of primary amides is 1. The number of nitrogens with two attached hydrogens (primary N) is 1. The topological polar surface area (TPSA) is 169 Å². The summed E-state index contributed by atoms with van der Waals surface area (Å²) < 4.78 is 5.31. The summed E-state index contributed by atoms with van der Waals surface area (Å²) in [4.78, 5) is 50.3. The minimum atomic E-state index is -0.771. The van der Waals surface area contributed by atoms with Gasteiger partial charge in [-0.2, -0.15) is 4.98 Å². The van der Waals surface area contributed by atoms with Crippen molar-refractivity contribution >= 4 is 46.5 Å². The number of ether oxygens (including phenoxy) is 1. The van der Waals surface area contributed by atoms with Gasteiger partial charge in [-0.05, 0) is 44.0 Å². The van der Waals surface area contributed by atoms with E-state index in [1.807, 2.05) is 11.8 Å². The molecule has 0 aliphatic carbocycles. The second-order valence-electron chi connectivity index (χ2n) is 9.28. The van der Waals surface area contributed by atoms with Crippen LogP contribution in [0.2, 0.25) is 0 Å². The van der Waals surface area contributed by atoms with Crippen LogP contribution in [0.3, 0.4) is 0 Å². The van der Waals surface area contributed by atoms with Crippen LogP contribution < -0.4 is 21.3 Å². The van der Waals surface area contributed by atoms with Gasteiger partial charge < -0.3 is 30.9 Å². The number of carbonyl (C=O) groups is 3. The van der Waals surface area contributed by atoms with Gasteiger partial charge in [0.15, 0.2) is 11.5 Å². The van der Waals surface area contributed by atoms with Crippen molar-refractivity contribution in [2.45, 2.75) is 25.8 Å². The molecule has 0 spiro atoms. The number of piperidine rings is 1. The van der Waals surface area contributed by atoms with Gasteiger partial charge in [-0.1, -0.05) is 0 Å². The maximum absolute atomic E-state index is 12.7. The lowest BCUT2D eigenvalue weighted by molar-refractivity contribution is 0.0303. The van der Waals surface area contributed by atoms with Crippen LogP contribution in [0.1, 0.15) is 48.4 Å². The van der Waals surface area contributed by atoms with E-state index in [1.165, 1.54) is 11.3 Å². The second kappa shape index (κ2) is 11.7. The zero-order chi connectivity index (χ0) is 27.4. The smallest absolute Gasteiger partial charge is 0.273 e. The van der Waals surface area contributed by atoms with Crippen molar-refractivity contribution in [2.24, 2.45) is 5.73 Å². The summed E-state index contributed by atoms with van der Waals surface area (Å²) in [6, 6.07) is 6.77. The van der Waals surface area contributed by atoms with Crippen molar-refractivity contribution in [3.8, 4) is 0 Å². The van der Waals surface area contributed by atoms with Gasteiger partial charge in [0.2, 0.25) is 5.95 Å². The summed E-state index contributed by atoms with van der Waals surface area (Å²) >= 11 is 1.35. The Morgan fingerprint density at radius 3 is 2.56 bits per heavy atom. The van der Waals surface area contributed by atoms with Gasteiger partial charge in [0.25, 0.3) is 17.7 Å². The Morgan fingerprint density at radius 2 is 1.87 bits per heavy atom. The largest absolute Gasteiger partial charge is 0.378 e. The fraction of sp³-hybridized carbons (Fsp3) is 0.400. The Kier molecular flexibility index (Phi) is 7.93. The monoisotopic (exact) mass is 551 g/mol. The van der Waals surface area contributed by atoms with Crippen LogP contribution in [0.5, 0.6) is 0 Å². The minimum absolute atomic E-state index is 0.0640. The van der Waals surface area contributed by atoms with Crippen molar-refractivity contribution in [3.63, 3.8) is 0 Å². The standard InChI is InChI=1S/C25H29N9O4S/c1-15-27-13-19(39-15)23(36)29-18-3-2-8-34(14-18)25-30-22(20(21(26)35)31-32-25)28-17-6-4-16(5-7-17)24(37)33-9-11-38-12-10-33/h4-7,13,18H,2-3,8-12,14H2,1H3,(H2,26,35)(H,29,36)(H,28,30,32). The molecule has 0 bridgehead atoms. The van der Waals surface area contributed by atoms with Gasteiger partial charge in [-0.3, -0.25) is 14.4 Å². The number of hydrogen-bond donors (Lipinski definition) is 3. The summed E-state index contributed by atoms with van der Waals surface area (Å²) in [6.45, 7) is 5.18. The maximum Gasteiger partial charge on any atom is 0.273 e. The third kappa shape index (κ3) is 6.29. The van der Waals surface area contributed by atoms with Crippen LogP contribution >= 0.6 is 11.3 Å². The molecule has 5 rings (SSSR count). The molecule has 2 fully saturated rings. The van der Waals surface area contributed by atoms with Crippen molar-refractivity contribution < 1.29 is 19.1 Å². The molecule has 1 aromatic carbocycles. The predicted molar refractivity (Wildman–Crippen MR) is 144 cm³/mol. The molecule has 2 saturated heterocycles. The molecular weight excluding hydrogens is 522 g/mol. The second-order valence-corrected chi connectivity index (χ2v) is 10.5. The van der Waals surface area contributed by atoms with Crippen molar-refractivity contribution in [3.05, 3.63) is 51.6 Å². The highest BCUT2D eigenvalue weighted by atomic mass is 32.1. The number of benzene rings is 1. The number of rotatable bonds is 7. The van der Waals surface area contributed by atoms with Crippen molar-refractivity contribution in [2.75, 3.05) is 49.6 Å². The SMILES string of the molecule is Cc1ncc(C(=O)NC2CCCN(c3nnc(C(N)=O)c(Nc4ccc(C(=O)N5CCOCC5)cc4)n3)C2)s1. The fourth-order valence-electron chi connectivity index (χ4n) is 4.49. The number of nitrogens with one attached hydrogen (secondary N) is 2. The van der Waals surface area contributed by atoms with Crippen molar-refractivity contribution in [1.82, 2.24) is 30.4 Å². The number of morpholine rings is 1. The first-order valence-corrected chi connectivity index (χ1v) is 13.5. The average Bonchev–Trinajstić information content (AvgIpc) is 3.40. The van der Waals surface area contributed by atoms with Gasteiger partial charge in [0.05, 0.1) is 24.4 Å². The van der Waals surface area contributed by atoms with E-state index in [9.17, 15) is 14.4 Å². The molecule has 3 amide bonds. The van der Waals surface area contributed by atoms with E-state index in [-0.39, 0.29) is 29.4 Å². The van der Waals surface area contributed by atoms with Gasteiger partial charge in [0.1, 0.15) is 4.88 Å². The Labute approximate surface area is 228 Å². The molecule has 2 aromatic heterocycles. The zero-order valence-electron chi connectivity index (χ0n) is 21.4. The number of amides is 3. The van der Waals surface area contributed by atoms with Crippen LogP contribution in [-0.2, 0) is 4.74 Å². The third-order valence-electron chi connectivity index (χ3n) is 6.49. The van der Waals surface area contributed by atoms with E-state index in [4.69, 9.17) is 10.5 Å². The van der Waals surface area contributed by atoms with Gasteiger partial charge in [-0.15, -0.1) is 21.5 Å². The number of aryl methyl sites for hydroxylation is 1. The molecule has 1 atom stereocenters. The van der Waals surface area contributed by atoms with Gasteiger partial charge in [-0.25, -0.2) is 4.98 Å². The minimum Gasteiger partial charge on any atom is -0.378 e. The lowest BCUT2D eigenvalue weighted by Gasteiger charge is -2.33. The summed E-state index contributed by atoms with van der Waals surface area (Å²) in [5.74, 6) is -0.522. The number of carbonyl (C=O) groups excluding carboxylic acids is 3. The molecule has 204 valence electrons. The summed E-state index contributed by atoms with van der Waals surface area (Å²) in [5, 5.41) is 15.1. The van der Waals surface area contributed by atoms with E-state index in [0.29, 0.717) is 61.5 Å². The average molecular weight is 552 g/mol. The number of hydrogen-bond acceptors (Lipinski definition) is 11. The zero-order valence-corrected chi connectivity index (χ0v) is 22.2. The Hall–Kier alpha value is -4.17. The highest BCUT2D eigenvalue weighted by molar-refractivity contribution is 7.13. The summed E-state index contributed by atoms with van der Waals surface area (Å²) in [6.07, 6.45) is 3.21. The number of aromatic nitrogens is 4. The van der Waals surface area contributed by atoms with E-state index in [0.717, 1.165) is 17.8 Å². The van der Waals surface area contributed by atoms with Crippen LogP contribution in [0.15, 0.2) is 30.5 Å². The molecule has 4 heterocycles. The maximum atomic E-state index is 12.7. The van der Waals surface area contributed by atoms with E-state index in [1.54, 1.807) is 35.4 Å². The number of nitrogens with zero attached hydrogens (tertiary/aromatic N) is 6. The molecule has 0 radical (unpaired) electrons. The first-order valence-electron chi connectivity index (χ1n) is 12.6. The highest BCUT2D eigenvalue weighted by Crippen LogP contribution is 2.23. The normalized spacial score (nSPS) is 17.5. The Balaban J connectivity index is 1.28. The molecule has 14 heteroatoms. The Bertz CT molecular complexity index is 1360. The molecule has 3 aromatic rings.